The van der Waals surface area contributed by atoms with Crippen molar-refractivity contribution in [2.45, 2.75) is 58.9 Å². The van der Waals surface area contributed by atoms with E-state index in [0.29, 0.717) is 17.7 Å². The minimum Gasteiger partial charge on any atom is -0.314 e. The second-order valence-electron chi connectivity index (χ2n) is 5.41. The fourth-order valence-electron chi connectivity index (χ4n) is 1.98. The summed E-state index contributed by atoms with van der Waals surface area (Å²) in [4.78, 5) is 0. The zero-order chi connectivity index (χ0) is 13.3. The number of unbranched alkanes of at least 4 members (excludes halogenated alkanes) is 1. The van der Waals surface area contributed by atoms with Crippen LogP contribution in [0.3, 0.4) is 0 Å². The van der Waals surface area contributed by atoms with Gasteiger partial charge in [0.25, 0.3) is 0 Å². The van der Waals surface area contributed by atoms with E-state index in [-0.39, 0.29) is 0 Å². The second kappa shape index (κ2) is 8.92. The molecule has 0 bridgehead atoms. The van der Waals surface area contributed by atoms with E-state index in [2.05, 4.69) is 26.1 Å². The first-order chi connectivity index (χ1) is 7.85. The van der Waals surface area contributed by atoms with Gasteiger partial charge in [-0.3, -0.25) is 0 Å². The van der Waals surface area contributed by atoms with Gasteiger partial charge < -0.3 is 5.32 Å². The summed E-state index contributed by atoms with van der Waals surface area (Å²) in [6, 6.07) is 0.550. The first-order valence-corrected chi connectivity index (χ1v) is 8.82. The van der Waals surface area contributed by atoms with Crippen molar-refractivity contribution in [3.05, 3.63) is 0 Å². The molecule has 0 aromatic carbocycles. The van der Waals surface area contributed by atoms with Crippen molar-refractivity contribution < 1.29 is 8.42 Å². The molecule has 0 radical (unpaired) electrons. The summed E-state index contributed by atoms with van der Waals surface area (Å²) in [5.41, 5.74) is 0. The number of rotatable bonds is 10. The molecule has 1 atom stereocenters. The molecule has 0 aromatic rings. The van der Waals surface area contributed by atoms with E-state index >= 15 is 0 Å². The molecule has 104 valence electrons. The number of hydrogen-bond donors (Lipinski definition) is 1. The number of sulfone groups is 1. The minimum absolute atomic E-state index is 0.329. The van der Waals surface area contributed by atoms with Crippen LogP contribution in [0.2, 0.25) is 0 Å². The van der Waals surface area contributed by atoms with E-state index in [9.17, 15) is 8.42 Å². The summed E-state index contributed by atoms with van der Waals surface area (Å²) >= 11 is 0. The molecule has 0 fully saturated rings. The molecule has 0 saturated heterocycles. The van der Waals surface area contributed by atoms with Crippen LogP contribution in [0, 0.1) is 5.92 Å². The van der Waals surface area contributed by atoms with Gasteiger partial charge in [0.2, 0.25) is 0 Å². The molecule has 0 aliphatic heterocycles. The zero-order valence-electron chi connectivity index (χ0n) is 11.8. The normalized spacial score (nSPS) is 14.2. The highest BCUT2D eigenvalue weighted by atomic mass is 32.2. The Hall–Kier alpha value is -0.0900. The fraction of sp³-hybridized carbons (Fsp3) is 1.00. The van der Waals surface area contributed by atoms with E-state index in [1.165, 1.54) is 12.7 Å². The largest absolute Gasteiger partial charge is 0.314 e. The van der Waals surface area contributed by atoms with E-state index in [1.807, 2.05) is 0 Å². The Balaban J connectivity index is 3.82. The van der Waals surface area contributed by atoms with Crippen molar-refractivity contribution in [2.24, 2.45) is 5.92 Å². The second-order valence-corrected chi connectivity index (χ2v) is 7.67. The molecule has 0 aromatic heterocycles. The van der Waals surface area contributed by atoms with E-state index in [0.717, 1.165) is 32.2 Å². The first kappa shape index (κ1) is 16.9. The fourth-order valence-corrected chi connectivity index (χ4v) is 2.70. The van der Waals surface area contributed by atoms with Crippen LogP contribution in [-0.4, -0.2) is 33.0 Å². The van der Waals surface area contributed by atoms with Crippen LogP contribution in [0.25, 0.3) is 0 Å². The molecule has 3 nitrogen and oxygen atoms in total. The highest BCUT2D eigenvalue weighted by Crippen LogP contribution is 2.11. The minimum atomic E-state index is -2.78. The lowest BCUT2D eigenvalue weighted by Gasteiger charge is -2.20. The van der Waals surface area contributed by atoms with E-state index < -0.39 is 9.84 Å². The third kappa shape index (κ3) is 12.2. The molecule has 0 saturated carbocycles. The Labute approximate surface area is 107 Å². The average Bonchev–Trinajstić information content (AvgIpc) is 2.18. The Kier molecular flexibility index (Phi) is 8.88. The lowest BCUT2D eigenvalue weighted by Crippen LogP contribution is -2.31. The van der Waals surface area contributed by atoms with Crippen LogP contribution in [-0.2, 0) is 9.84 Å². The topological polar surface area (TPSA) is 46.2 Å². The van der Waals surface area contributed by atoms with Crippen LogP contribution < -0.4 is 5.32 Å². The third-order valence-corrected chi connectivity index (χ3v) is 3.79. The highest BCUT2D eigenvalue weighted by Gasteiger charge is 2.10. The molecule has 1 N–H and O–H groups in total. The van der Waals surface area contributed by atoms with Gasteiger partial charge in [0, 0.05) is 18.1 Å². The Morgan fingerprint density at radius 1 is 1.18 bits per heavy atom. The van der Waals surface area contributed by atoms with Gasteiger partial charge in [-0.05, 0) is 38.1 Å². The SMILES string of the molecule is CCCNC(CCCCS(C)(=O)=O)CC(C)C. The molecule has 0 aliphatic carbocycles. The van der Waals surface area contributed by atoms with Gasteiger partial charge in [-0.1, -0.05) is 27.2 Å². The smallest absolute Gasteiger partial charge is 0.147 e. The summed E-state index contributed by atoms with van der Waals surface area (Å²) in [7, 11) is -2.78. The van der Waals surface area contributed by atoms with Crippen LogP contribution in [0.1, 0.15) is 52.9 Å². The van der Waals surface area contributed by atoms with Crippen LogP contribution >= 0.6 is 0 Å². The average molecular weight is 263 g/mol. The van der Waals surface area contributed by atoms with E-state index in [4.69, 9.17) is 0 Å². The highest BCUT2D eigenvalue weighted by molar-refractivity contribution is 7.90. The Morgan fingerprint density at radius 2 is 1.82 bits per heavy atom. The quantitative estimate of drug-likeness (QED) is 0.616. The molecule has 1 unspecified atom stereocenters. The third-order valence-electron chi connectivity index (χ3n) is 2.76. The molecular weight excluding hydrogens is 234 g/mol. The molecular formula is C13H29NO2S. The summed E-state index contributed by atoms with van der Waals surface area (Å²) in [5.74, 6) is 1.02. The van der Waals surface area contributed by atoms with Crippen LogP contribution in [0.4, 0.5) is 0 Å². The van der Waals surface area contributed by atoms with Gasteiger partial charge in [0.15, 0.2) is 0 Å². The van der Waals surface area contributed by atoms with Gasteiger partial charge >= 0.3 is 0 Å². The molecule has 0 rings (SSSR count). The first-order valence-electron chi connectivity index (χ1n) is 6.76. The maximum Gasteiger partial charge on any atom is 0.147 e. The predicted molar refractivity (Wildman–Crippen MR) is 75.1 cm³/mol. The zero-order valence-corrected chi connectivity index (χ0v) is 12.6. The van der Waals surface area contributed by atoms with Crippen molar-refractivity contribution >= 4 is 9.84 Å². The molecule has 17 heavy (non-hydrogen) atoms. The maximum absolute atomic E-state index is 11.0. The van der Waals surface area contributed by atoms with Gasteiger partial charge in [-0.2, -0.15) is 0 Å². The molecule has 4 heteroatoms. The summed E-state index contributed by atoms with van der Waals surface area (Å²) in [6.07, 6.45) is 6.53. The van der Waals surface area contributed by atoms with Gasteiger partial charge in [-0.15, -0.1) is 0 Å². The number of hydrogen-bond acceptors (Lipinski definition) is 3. The van der Waals surface area contributed by atoms with Gasteiger partial charge in [-0.25, -0.2) is 8.42 Å². The lowest BCUT2D eigenvalue weighted by molar-refractivity contribution is 0.390. The van der Waals surface area contributed by atoms with Crippen molar-refractivity contribution in [3.63, 3.8) is 0 Å². The Morgan fingerprint density at radius 3 is 2.29 bits per heavy atom. The predicted octanol–water partition coefficient (Wildman–Crippen LogP) is 2.62. The molecule has 0 heterocycles. The molecule has 0 aliphatic rings. The molecule has 0 amide bonds. The summed E-state index contributed by atoms with van der Waals surface area (Å²) in [5, 5.41) is 3.55. The Bertz CT molecular complexity index is 273. The summed E-state index contributed by atoms with van der Waals surface area (Å²) in [6.45, 7) is 7.70. The van der Waals surface area contributed by atoms with Gasteiger partial charge in [0.05, 0.1) is 0 Å². The lowest BCUT2D eigenvalue weighted by atomic mass is 9.99. The van der Waals surface area contributed by atoms with Gasteiger partial charge in [0.1, 0.15) is 9.84 Å². The standard InChI is InChI=1S/C13H29NO2S/c1-5-9-14-13(11-12(2)3)8-6-7-10-17(4,15)16/h12-14H,5-11H2,1-4H3. The van der Waals surface area contributed by atoms with Crippen LogP contribution in [0.5, 0.6) is 0 Å². The summed E-state index contributed by atoms with van der Waals surface area (Å²) < 4.78 is 22.0. The molecule has 0 spiro atoms. The monoisotopic (exact) mass is 263 g/mol. The van der Waals surface area contributed by atoms with Crippen molar-refractivity contribution in [1.29, 1.82) is 0 Å². The van der Waals surface area contributed by atoms with Crippen molar-refractivity contribution in [2.75, 3.05) is 18.6 Å². The van der Waals surface area contributed by atoms with E-state index in [1.54, 1.807) is 0 Å². The maximum atomic E-state index is 11.0. The van der Waals surface area contributed by atoms with Crippen molar-refractivity contribution in [1.82, 2.24) is 5.32 Å². The van der Waals surface area contributed by atoms with Crippen molar-refractivity contribution in [3.8, 4) is 0 Å². The number of nitrogens with one attached hydrogen (secondary N) is 1. The van der Waals surface area contributed by atoms with Crippen LogP contribution in [0.15, 0.2) is 0 Å².